The molecule has 0 aliphatic rings. The fourth-order valence-electron chi connectivity index (χ4n) is 2.28. The van der Waals surface area contributed by atoms with Gasteiger partial charge in [0.1, 0.15) is 0 Å². The summed E-state index contributed by atoms with van der Waals surface area (Å²) in [6, 6.07) is 0. The molecule has 0 amide bonds. The lowest BCUT2D eigenvalue weighted by atomic mass is 9.93. The lowest BCUT2D eigenvalue weighted by molar-refractivity contribution is -0.147. The second-order valence-electron chi connectivity index (χ2n) is 7.38. The number of carboxylic acid groups (broad SMARTS) is 1. The second kappa shape index (κ2) is 9.31. The van der Waals surface area contributed by atoms with E-state index >= 15 is 0 Å². The topological polar surface area (TPSA) is 72.8 Å². The number of carbonyl (C=O) groups excluding carboxylic acids is 1. The van der Waals surface area contributed by atoms with Gasteiger partial charge in [-0.25, -0.2) is 13.2 Å². The van der Waals surface area contributed by atoms with Gasteiger partial charge in [-0.2, -0.15) is 8.78 Å². The third-order valence-corrected chi connectivity index (χ3v) is 3.61. The predicted octanol–water partition coefficient (Wildman–Crippen LogP) is 4.22. The summed E-state index contributed by atoms with van der Waals surface area (Å²) in [6.07, 6.45) is -0.856. The average Bonchev–Trinajstić information content (AvgIpc) is 2.58. The van der Waals surface area contributed by atoms with Crippen molar-refractivity contribution in [1.29, 1.82) is 0 Å². The Morgan fingerprint density at radius 3 is 1.86 bits per heavy atom. The summed E-state index contributed by atoms with van der Waals surface area (Å²) < 4.78 is 76.7. The summed E-state index contributed by atoms with van der Waals surface area (Å²) in [5, 5.41) is 8.95. The summed E-state index contributed by atoms with van der Waals surface area (Å²) in [7, 11) is 0. The normalized spacial score (nSPS) is 13.9. The van der Waals surface area contributed by atoms with Gasteiger partial charge in [0.05, 0.1) is 17.9 Å². The molecule has 1 N–H and O–H groups in total. The highest BCUT2D eigenvalue weighted by Crippen LogP contribution is 2.30. The summed E-state index contributed by atoms with van der Waals surface area (Å²) in [5.41, 5.74) is -0.494. The Hall–Kier alpha value is -2.23. The molecular weight excluding hydrogens is 391 g/mol. The van der Waals surface area contributed by atoms with E-state index in [4.69, 9.17) is 9.84 Å². The van der Waals surface area contributed by atoms with E-state index in [1.807, 2.05) is 0 Å². The first kappa shape index (κ1) is 23.8. The van der Waals surface area contributed by atoms with E-state index in [9.17, 15) is 31.5 Å². The van der Waals surface area contributed by atoms with Crippen LogP contribution in [0.25, 0.3) is 0 Å². The molecule has 1 aromatic carbocycles. The van der Waals surface area contributed by atoms with Crippen LogP contribution in [0.4, 0.5) is 22.0 Å². The van der Waals surface area contributed by atoms with Gasteiger partial charge in [0, 0.05) is 6.61 Å². The molecule has 28 heavy (non-hydrogen) atoms. The predicted molar refractivity (Wildman–Crippen MR) is 87.1 cm³/mol. The molecule has 0 saturated heterocycles. The lowest BCUT2D eigenvalue weighted by Crippen LogP contribution is -2.29. The second-order valence-corrected chi connectivity index (χ2v) is 7.38. The Morgan fingerprint density at radius 1 is 0.964 bits per heavy atom. The number of carboxylic acids is 1. The van der Waals surface area contributed by atoms with Crippen molar-refractivity contribution in [3.05, 3.63) is 29.1 Å². The number of hydrogen-bond acceptors (Lipinski definition) is 4. The summed E-state index contributed by atoms with van der Waals surface area (Å²) in [4.78, 5) is 23.2. The van der Waals surface area contributed by atoms with Crippen LogP contribution in [0.3, 0.4) is 0 Å². The van der Waals surface area contributed by atoms with Crippen molar-refractivity contribution >= 4 is 11.9 Å². The van der Waals surface area contributed by atoms with Gasteiger partial charge < -0.3 is 14.6 Å². The standard InChI is InChI=1S/C18H21F5O5/c1-8(7-27-18(2,3)4)5-9(6-10(24)25)17(26)28-16-14(22)12(20)11(19)13(21)15(16)23/h8-9H,5-7H2,1-4H3,(H,24,25)/t8?,9-/m1/s1. The molecule has 158 valence electrons. The summed E-state index contributed by atoms with van der Waals surface area (Å²) in [6.45, 7) is 7.14. The Morgan fingerprint density at radius 2 is 1.43 bits per heavy atom. The highest BCUT2D eigenvalue weighted by molar-refractivity contribution is 5.80. The summed E-state index contributed by atoms with van der Waals surface area (Å²) >= 11 is 0. The number of ether oxygens (including phenoxy) is 2. The van der Waals surface area contributed by atoms with Gasteiger partial charge in [-0.05, 0) is 33.1 Å². The molecule has 0 aliphatic carbocycles. The van der Waals surface area contributed by atoms with E-state index in [0.717, 1.165) is 0 Å². The van der Waals surface area contributed by atoms with Crippen molar-refractivity contribution < 1.29 is 46.1 Å². The molecule has 10 heteroatoms. The van der Waals surface area contributed by atoms with Gasteiger partial charge in [-0.1, -0.05) is 6.92 Å². The van der Waals surface area contributed by atoms with Crippen molar-refractivity contribution in [2.45, 2.75) is 46.1 Å². The van der Waals surface area contributed by atoms with Crippen LogP contribution in [0.5, 0.6) is 5.75 Å². The third kappa shape index (κ3) is 6.43. The number of halogens is 5. The zero-order valence-corrected chi connectivity index (χ0v) is 15.7. The maximum Gasteiger partial charge on any atom is 0.315 e. The van der Waals surface area contributed by atoms with E-state index < -0.39 is 64.7 Å². The first-order chi connectivity index (χ1) is 12.7. The fraction of sp³-hybridized carbons (Fsp3) is 0.556. The smallest absolute Gasteiger partial charge is 0.315 e. The van der Waals surface area contributed by atoms with Crippen LogP contribution in [0.2, 0.25) is 0 Å². The quantitative estimate of drug-likeness (QED) is 0.228. The molecule has 0 saturated carbocycles. The van der Waals surface area contributed by atoms with E-state index in [2.05, 4.69) is 4.74 Å². The minimum atomic E-state index is -2.40. The van der Waals surface area contributed by atoms with Crippen LogP contribution >= 0.6 is 0 Å². The van der Waals surface area contributed by atoms with E-state index in [1.54, 1.807) is 27.7 Å². The number of carbonyl (C=O) groups is 2. The van der Waals surface area contributed by atoms with Gasteiger partial charge in [0.15, 0.2) is 0 Å². The number of esters is 1. The average molecular weight is 412 g/mol. The molecule has 0 aliphatic heterocycles. The number of benzene rings is 1. The molecule has 0 radical (unpaired) electrons. The van der Waals surface area contributed by atoms with E-state index in [1.165, 1.54) is 0 Å². The van der Waals surface area contributed by atoms with Crippen molar-refractivity contribution in [2.24, 2.45) is 11.8 Å². The van der Waals surface area contributed by atoms with E-state index in [0.29, 0.717) is 0 Å². The van der Waals surface area contributed by atoms with Crippen LogP contribution in [-0.2, 0) is 14.3 Å². The molecule has 0 spiro atoms. The van der Waals surface area contributed by atoms with Crippen molar-refractivity contribution in [1.82, 2.24) is 0 Å². The monoisotopic (exact) mass is 412 g/mol. The number of rotatable bonds is 8. The maximum absolute atomic E-state index is 13.7. The molecular formula is C18H21F5O5. The first-order valence-electron chi connectivity index (χ1n) is 8.33. The molecule has 2 atom stereocenters. The largest absolute Gasteiger partial charge is 0.481 e. The lowest BCUT2D eigenvalue weighted by Gasteiger charge is -2.24. The Bertz CT molecular complexity index is 716. The number of aliphatic carboxylic acids is 1. The maximum atomic E-state index is 13.7. The highest BCUT2D eigenvalue weighted by Gasteiger charge is 2.32. The van der Waals surface area contributed by atoms with Crippen LogP contribution in [0.15, 0.2) is 0 Å². The zero-order valence-electron chi connectivity index (χ0n) is 15.7. The van der Waals surface area contributed by atoms with Crippen molar-refractivity contribution in [3.63, 3.8) is 0 Å². The molecule has 1 unspecified atom stereocenters. The Kier molecular flexibility index (Phi) is 7.92. The molecule has 0 aromatic heterocycles. The molecule has 0 fully saturated rings. The molecule has 0 heterocycles. The minimum Gasteiger partial charge on any atom is -0.481 e. The minimum absolute atomic E-state index is 0.101. The van der Waals surface area contributed by atoms with Gasteiger partial charge >= 0.3 is 11.9 Å². The van der Waals surface area contributed by atoms with Gasteiger partial charge in [-0.3, -0.25) is 9.59 Å². The molecule has 1 aromatic rings. The van der Waals surface area contributed by atoms with Crippen molar-refractivity contribution in [2.75, 3.05) is 6.61 Å². The van der Waals surface area contributed by atoms with Crippen LogP contribution in [-0.4, -0.2) is 29.3 Å². The van der Waals surface area contributed by atoms with Crippen LogP contribution in [0, 0.1) is 40.9 Å². The zero-order chi connectivity index (χ0) is 21.8. The van der Waals surface area contributed by atoms with Crippen molar-refractivity contribution in [3.8, 4) is 5.75 Å². The Balaban J connectivity index is 3.02. The van der Waals surface area contributed by atoms with Gasteiger partial charge in [-0.15, -0.1) is 0 Å². The van der Waals surface area contributed by atoms with Crippen LogP contribution in [0.1, 0.15) is 40.5 Å². The third-order valence-electron chi connectivity index (χ3n) is 3.61. The molecule has 1 rings (SSSR count). The number of hydrogen-bond donors (Lipinski definition) is 1. The Labute approximate surface area is 158 Å². The van der Waals surface area contributed by atoms with Crippen LogP contribution < -0.4 is 4.74 Å². The highest BCUT2D eigenvalue weighted by atomic mass is 19.2. The molecule has 0 bridgehead atoms. The van der Waals surface area contributed by atoms with E-state index in [-0.39, 0.29) is 18.9 Å². The fourth-order valence-corrected chi connectivity index (χ4v) is 2.28. The first-order valence-corrected chi connectivity index (χ1v) is 8.33. The summed E-state index contributed by atoms with van der Waals surface area (Å²) in [5.74, 6) is -17.9. The van der Waals surface area contributed by atoms with Gasteiger partial charge in [0.2, 0.25) is 34.8 Å². The SMILES string of the molecule is CC(COC(C)(C)C)C[C@H](CC(=O)O)C(=O)Oc1c(F)c(F)c(F)c(F)c1F. The molecule has 5 nitrogen and oxygen atoms in total. The van der Waals surface area contributed by atoms with Gasteiger partial charge in [0.25, 0.3) is 0 Å².